The highest BCUT2D eigenvalue weighted by molar-refractivity contribution is 6.03. The molecule has 18 heavy (non-hydrogen) atoms. The minimum atomic E-state index is -1.20. The summed E-state index contributed by atoms with van der Waals surface area (Å²) in [6.45, 7) is 0. The number of carboxylic acids is 1. The van der Waals surface area contributed by atoms with Gasteiger partial charge in [0.1, 0.15) is 0 Å². The van der Waals surface area contributed by atoms with Crippen LogP contribution in [0.2, 0.25) is 0 Å². The van der Waals surface area contributed by atoms with Crippen molar-refractivity contribution in [1.82, 2.24) is 9.97 Å². The van der Waals surface area contributed by atoms with Crippen LogP contribution in [0.3, 0.4) is 0 Å². The van der Waals surface area contributed by atoms with E-state index in [-0.39, 0.29) is 5.69 Å². The molecule has 2 aromatic rings. The number of imidazole rings is 1. The van der Waals surface area contributed by atoms with Crippen LogP contribution >= 0.6 is 0 Å². The quantitative estimate of drug-likeness (QED) is 0.589. The van der Waals surface area contributed by atoms with E-state index in [0.717, 1.165) is 12.2 Å². The van der Waals surface area contributed by atoms with Crippen molar-refractivity contribution in [3.05, 3.63) is 40.8 Å². The van der Waals surface area contributed by atoms with Gasteiger partial charge >= 0.3 is 11.7 Å². The fraction of sp³-hybridized carbons (Fsp3) is 0. The van der Waals surface area contributed by atoms with Crippen LogP contribution in [-0.2, 0) is 9.59 Å². The second-order valence-corrected chi connectivity index (χ2v) is 3.50. The average Bonchev–Trinajstić information content (AvgIpc) is 2.66. The predicted molar refractivity (Wildman–Crippen MR) is 64.3 cm³/mol. The van der Waals surface area contributed by atoms with Gasteiger partial charge in [0.25, 0.3) is 0 Å². The molecule has 0 unspecified atom stereocenters. The van der Waals surface area contributed by atoms with E-state index in [9.17, 15) is 14.4 Å². The van der Waals surface area contributed by atoms with Crippen molar-refractivity contribution in [2.75, 3.05) is 5.32 Å². The van der Waals surface area contributed by atoms with Crippen molar-refractivity contribution in [3.63, 3.8) is 0 Å². The van der Waals surface area contributed by atoms with Gasteiger partial charge in [-0.1, -0.05) is 0 Å². The van der Waals surface area contributed by atoms with E-state index in [0.29, 0.717) is 16.7 Å². The zero-order valence-electron chi connectivity index (χ0n) is 9.06. The van der Waals surface area contributed by atoms with E-state index in [1.165, 1.54) is 0 Å². The lowest BCUT2D eigenvalue weighted by Crippen LogP contribution is -2.08. The molecule has 92 valence electrons. The zero-order valence-corrected chi connectivity index (χ0v) is 9.06. The van der Waals surface area contributed by atoms with E-state index >= 15 is 0 Å². The molecule has 1 amide bonds. The second kappa shape index (κ2) is 4.58. The Labute approximate surface area is 100 Å². The second-order valence-electron chi connectivity index (χ2n) is 3.50. The molecule has 0 radical (unpaired) electrons. The first-order valence-electron chi connectivity index (χ1n) is 4.98. The number of hydrogen-bond donors (Lipinski definition) is 4. The SMILES string of the molecule is O=C(O)/C=C/C(=O)Nc1ccc2[nH]c(=O)[nH]c2c1. The van der Waals surface area contributed by atoms with Crippen molar-refractivity contribution >= 4 is 28.6 Å². The molecule has 0 bridgehead atoms. The van der Waals surface area contributed by atoms with Gasteiger partial charge in [0.15, 0.2) is 0 Å². The molecule has 0 aliphatic carbocycles. The maximum atomic E-state index is 11.3. The third-order valence-corrected chi connectivity index (χ3v) is 2.16. The summed E-state index contributed by atoms with van der Waals surface area (Å²) in [4.78, 5) is 37.7. The molecule has 0 saturated heterocycles. The van der Waals surface area contributed by atoms with Gasteiger partial charge in [-0.15, -0.1) is 0 Å². The van der Waals surface area contributed by atoms with Crippen LogP contribution in [0, 0.1) is 0 Å². The lowest BCUT2D eigenvalue weighted by molar-refractivity contribution is -0.131. The standard InChI is InChI=1S/C11H9N3O4/c15-9(3-4-10(16)17)12-6-1-2-7-8(5-6)14-11(18)13-7/h1-5H,(H,12,15)(H,16,17)(H2,13,14,18)/b4-3+. The number of carboxylic acid groups (broad SMARTS) is 1. The number of nitrogens with one attached hydrogen (secondary N) is 3. The van der Waals surface area contributed by atoms with Gasteiger partial charge in [-0.05, 0) is 18.2 Å². The summed E-state index contributed by atoms with van der Waals surface area (Å²) in [6, 6.07) is 4.79. The number of aromatic nitrogens is 2. The van der Waals surface area contributed by atoms with Crippen molar-refractivity contribution in [2.45, 2.75) is 0 Å². The van der Waals surface area contributed by atoms with Crippen molar-refractivity contribution < 1.29 is 14.7 Å². The molecule has 0 aliphatic rings. The maximum Gasteiger partial charge on any atom is 0.328 e. The zero-order chi connectivity index (χ0) is 13.1. The number of aromatic amines is 2. The number of aliphatic carboxylic acids is 1. The summed E-state index contributed by atoms with van der Waals surface area (Å²) in [5, 5.41) is 10.8. The van der Waals surface area contributed by atoms with Crippen LogP contribution in [0.1, 0.15) is 0 Å². The number of carbonyl (C=O) groups is 2. The number of anilines is 1. The van der Waals surface area contributed by atoms with E-state index in [4.69, 9.17) is 5.11 Å². The minimum absolute atomic E-state index is 0.334. The number of hydrogen-bond acceptors (Lipinski definition) is 3. The van der Waals surface area contributed by atoms with Crippen molar-refractivity contribution in [3.8, 4) is 0 Å². The van der Waals surface area contributed by atoms with Gasteiger partial charge in [-0.25, -0.2) is 9.59 Å². The molecule has 0 atom stereocenters. The molecule has 1 heterocycles. The molecular formula is C11H9N3O4. The third-order valence-electron chi connectivity index (χ3n) is 2.16. The molecule has 0 fully saturated rings. The molecule has 2 rings (SSSR count). The van der Waals surface area contributed by atoms with Gasteiger partial charge in [-0.3, -0.25) is 4.79 Å². The predicted octanol–water partition coefficient (Wildman–Crippen LogP) is 0.435. The van der Waals surface area contributed by atoms with Crippen LogP contribution in [0.4, 0.5) is 5.69 Å². The number of rotatable bonds is 3. The first-order valence-corrected chi connectivity index (χ1v) is 4.98. The van der Waals surface area contributed by atoms with Crippen LogP contribution in [0.5, 0.6) is 0 Å². The summed E-state index contributed by atoms with van der Waals surface area (Å²) in [7, 11) is 0. The van der Waals surface area contributed by atoms with Crippen molar-refractivity contribution in [2.24, 2.45) is 0 Å². The number of amides is 1. The molecular weight excluding hydrogens is 238 g/mol. The number of H-pyrrole nitrogens is 2. The first kappa shape index (κ1) is 11.6. The van der Waals surface area contributed by atoms with Crippen LogP contribution in [-0.4, -0.2) is 27.0 Å². The monoisotopic (exact) mass is 247 g/mol. The normalized spacial score (nSPS) is 10.9. The summed E-state index contributed by atoms with van der Waals surface area (Å²) in [5.74, 6) is -1.76. The minimum Gasteiger partial charge on any atom is -0.478 e. The van der Waals surface area contributed by atoms with E-state index in [1.54, 1.807) is 18.2 Å². The maximum absolute atomic E-state index is 11.3. The van der Waals surface area contributed by atoms with Gasteiger partial charge in [0, 0.05) is 17.8 Å². The average molecular weight is 247 g/mol. The smallest absolute Gasteiger partial charge is 0.328 e. The van der Waals surface area contributed by atoms with Gasteiger partial charge in [0.05, 0.1) is 11.0 Å². The van der Waals surface area contributed by atoms with Gasteiger partial charge in [-0.2, -0.15) is 0 Å². The Morgan fingerprint density at radius 3 is 2.61 bits per heavy atom. The van der Waals surface area contributed by atoms with Crippen LogP contribution < -0.4 is 11.0 Å². The van der Waals surface area contributed by atoms with Gasteiger partial charge in [0.2, 0.25) is 5.91 Å². The fourth-order valence-corrected chi connectivity index (χ4v) is 1.44. The summed E-state index contributed by atoms with van der Waals surface area (Å²) in [6.07, 6.45) is 1.65. The largest absolute Gasteiger partial charge is 0.478 e. The summed E-state index contributed by atoms with van der Waals surface area (Å²) < 4.78 is 0. The molecule has 1 aromatic heterocycles. The molecule has 7 heteroatoms. The van der Waals surface area contributed by atoms with Crippen LogP contribution in [0.25, 0.3) is 11.0 Å². The molecule has 0 spiro atoms. The Balaban J connectivity index is 2.19. The van der Waals surface area contributed by atoms with Crippen molar-refractivity contribution in [1.29, 1.82) is 0 Å². The lowest BCUT2D eigenvalue weighted by atomic mass is 10.2. The molecule has 0 aliphatic heterocycles. The van der Waals surface area contributed by atoms with E-state index < -0.39 is 11.9 Å². The highest BCUT2D eigenvalue weighted by Crippen LogP contribution is 2.14. The molecule has 7 nitrogen and oxygen atoms in total. The molecule has 1 aromatic carbocycles. The molecule has 4 N–H and O–H groups in total. The van der Waals surface area contributed by atoms with E-state index in [1.807, 2.05) is 0 Å². The topological polar surface area (TPSA) is 115 Å². The highest BCUT2D eigenvalue weighted by Gasteiger charge is 2.02. The Morgan fingerprint density at radius 1 is 1.17 bits per heavy atom. The number of fused-ring (bicyclic) bond motifs is 1. The summed E-state index contributed by atoms with van der Waals surface area (Å²) in [5.41, 5.74) is 1.30. The fourth-order valence-electron chi connectivity index (χ4n) is 1.44. The Morgan fingerprint density at radius 2 is 1.89 bits per heavy atom. The first-order chi connectivity index (χ1) is 8.54. The lowest BCUT2D eigenvalue weighted by Gasteiger charge is -2.01. The number of carbonyl (C=O) groups excluding carboxylic acids is 1. The van der Waals surface area contributed by atoms with Crippen LogP contribution in [0.15, 0.2) is 35.1 Å². The molecule has 0 saturated carbocycles. The Bertz CT molecular complexity index is 696. The third kappa shape index (κ3) is 2.64. The van der Waals surface area contributed by atoms with E-state index in [2.05, 4.69) is 15.3 Å². The summed E-state index contributed by atoms with van der Waals surface area (Å²) >= 11 is 0. The Kier molecular flexibility index (Phi) is 2.96. The van der Waals surface area contributed by atoms with Gasteiger partial charge < -0.3 is 20.4 Å². The Hall–Kier alpha value is -2.83. The number of benzene rings is 1. The highest BCUT2D eigenvalue weighted by atomic mass is 16.4.